The van der Waals surface area contributed by atoms with E-state index in [1.807, 2.05) is 14.2 Å². The summed E-state index contributed by atoms with van der Waals surface area (Å²) in [5, 5.41) is -0.0584. The van der Waals surface area contributed by atoms with Crippen LogP contribution in [0.15, 0.2) is 41.9 Å². The second kappa shape index (κ2) is 12.9. The van der Waals surface area contributed by atoms with Crippen LogP contribution in [-0.4, -0.2) is 30.7 Å². The molecule has 0 heterocycles. The molecular weight excluding hydrogens is 483 g/mol. The van der Waals surface area contributed by atoms with Gasteiger partial charge in [-0.3, -0.25) is 0 Å². The van der Waals surface area contributed by atoms with Crippen LogP contribution in [-0.2, 0) is 9.47 Å². The number of benzene rings is 1. The average molecular weight is 539 g/mol. The monoisotopic (exact) mass is 538 g/mol. The van der Waals surface area contributed by atoms with Crippen molar-refractivity contribution < 1.29 is 9.47 Å². The molecule has 3 heteroatoms. The highest BCUT2D eigenvalue weighted by Gasteiger charge is 2.59. The Labute approximate surface area is 235 Å². The molecule has 0 saturated heterocycles. The van der Waals surface area contributed by atoms with Crippen LogP contribution in [0, 0.1) is 5.92 Å². The molecule has 1 aromatic rings. The third-order valence-corrected chi connectivity index (χ3v) is 14.4. The van der Waals surface area contributed by atoms with Gasteiger partial charge in [0.05, 0.1) is 25.3 Å². The van der Waals surface area contributed by atoms with Crippen LogP contribution in [0.3, 0.4) is 0 Å². The number of hydrogen-bond donors (Lipinski definition) is 0. The third-order valence-electron chi connectivity index (χ3n) is 9.93. The van der Waals surface area contributed by atoms with Crippen molar-refractivity contribution in [2.75, 3.05) is 14.2 Å². The van der Waals surface area contributed by atoms with Gasteiger partial charge >= 0.3 is 0 Å². The zero-order chi connectivity index (χ0) is 27.4. The first-order chi connectivity index (χ1) is 18.3. The first kappa shape index (κ1) is 29.7. The van der Waals surface area contributed by atoms with Gasteiger partial charge in [-0.2, -0.15) is 0 Å². The molecule has 0 bridgehead atoms. The molecule has 1 aromatic carbocycles. The normalized spacial score (nSPS) is 25.7. The van der Waals surface area contributed by atoms with Crippen molar-refractivity contribution in [1.29, 1.82) is 0 Å². The Balaban J connectivity index is 2.01. The van der Waals surface area contributed by atoms with E-state index in [1.165, 1.54) is 86.7 Å². The summed E-state index contributed by atoms with van der Waals surface area (Å²) in [4.78, 5) is 0. The summed E-state index contributed by atoms with van der Waals surface area (Å²) in [6, 6.07) is 7.39. The van der Waals surface area contributed by atoms with Crippen molar-refractivity contribution >= 4 is 7.92 Å². The first-order valence-corrected chi connectivity index (χ1v) is 17.2. The van der Waals surface area contributed by atoms with Gasteiger partial charge in [-0.25, -0.2) is 0 Å². The predicted molar refractivity (Wildman–Crippen MR) is 166 cm³/mol. The minimum absolute atomic E-state index is 0.0584. The predicted octanol–water partition coefficient (Wildman–Crippen LogP) is 10.6. The van der Waals surface area contributed by atoms with Gasteiger partial charge in [-0.15, -0.1) is 0 Å². The summed E-state index contributed by atoms with van der Waals surface area (Å²) < 4.78 is 12.9. The Morgan fingerprint density at radius 2 is 1.32 bits per heavy atom. The molecule has 3 aliphatic carbocycles. The molecule has 212 valence electrons. The molecule has 0 amide bonds. The standard InChI is InChI=1S/C35H55O2P/c1-24(2)27-19-20-30(31(23-27)25(3)4)34-32(36-7)21-22-33(37-8)35(34,26(5)6)38(28-15-11-9-12-16-28)29-17-13-10-14-18-29/h19-26,28-29,34H,9-18H2,1-8H3. The Morgan fingerprint density at radius 1 is 0.737 bits per heavy atom. The zero-order valence-corrected chi connectivity index (χ0v) is 26.6. The highest BCUT2D eigenvalue weighted by Crippen LogP contribution is 2.74. The average Bonchev–Trinajstić information content (AvgIpc) is 2.93. The number of hydrogen-bond acceptors (Lipinski definition) is 2. The Bertz CT molecular complexity index is 960. The summed E-state index contributed by atoms with van der Waals surface area (Å²) in [6.07, 6.45) is 18.5. The van der Waals surface area contributed by atoms with E-state index in [2.05, 4.69) is 71.9 Å². The van der Waals surface area contributed by atoms with Gasteiger partial charge in [0.25, 0.3) is 0 Å². The highest BCUT2D eigenvalue weighted by atomic mass is 31.1. The molecule has 38 heavy (non-hydrogen) atoms. The van der Waals surface area contributed by atoms with E-state index in [4.69, 9.17) is 9.47 Å². The Hall–Kier alpha value is -1.27. The van der Waals surface area contributed by atoms with Crippen molar-refractivity contribution in [3.05, 3.63) is 58.6 Å². The van der Waals surface area contributed by atoms with Crippen molar-refractivity contribution in [3.8, 4) is 0 Å². The molecule has 2 fully saturated rings. The van der Waals surface area contributed by atoms with E-state index < -0.39 is 0 Å². The van der Waals surface area contributed by atoms with Gasteiger partial charge in [-0.1, -0.05) is 106 Å². The van der Waals surface area contributed by atoms with Gasteiger partial charge in [0.1, 0.15) is 11.5 Å². The molecule has 2 unspecified atom stereocenters. The van der Waals surface area contributed by atoms with Gasteiger partial charge in [-0.05, 0) is 83.6 Å². The maximum Gasteiger partial charge on any atom is 0.107 e. The molecule has 0 N–H and O–H groups in total. The zero-order valence-electron chi connectivity index (χ0n) is 25.7. The van der Waals surface area contributed by atoms with Crippen LogP contribution in [0.4, 0.5) is 0 Å². The summed E-state index contributed by atoms with van der Waals surface area (Å²) in [7, 11) is 3.49. The third kappa shape index (κ3) is 5.50. The molecule has 0 aromatic heterocycles. The maximum atomic E-state index is 6.52. The number of allylic oxidation sites excluding steroid dienone is 4. The Kier molecular flexibility index (Phi) is 10.1. The molecule has 3 aliphatic rings. The van der Waals surface area contributed by atoms with Gasteiger partial charge in [0, 0.05) is 0 Å². The maximum absolute atomic E-state index is 6.52. The lowest BCUT2D eigenvalue weighted by Crippen LogP contribution is -2.49. The van der Waals surface area contributed by atoms with E-state index in [1.54, 1.807) is 0 Å². The number of rotatable bonds is 9. The minimum atomic E-state index is -0.345. The van der Waals surface area contributed by atoms with Crippen LogP contribution in [0.1, 0.15) is 140 Å². The molecule has 4 rings (SSSR count). The van der Waals surface area contributed by atoms with E-state index >= 15 is 0 Å². The highest BCUT2D eigenvalue weighted by molar-refractivity contribution is 7.61. The van der Waals surface area contributed by atoms with Crippen molar-refractivity contribution in [3.63, 3.8) is 0 Å². The smallest absolute Gasteiger partial charge is 0.107 e. The van der Waals surface area contributed by atoms with Crippen LogP contribution in [0.2, 0.25) is 0 Å². The molecule has 0 aliphatic heterocycles. The van der Waals surface area contributed by atoms with E-state index in [-0.39, 0.29) is 19.0 Å². The topological polar surface area (TPSA) is 18.5 Å². The fraction of sp³-hybridized carbons (Fsp3) is 0.714. The lowest BCUT2D eigenvalue weighted by molar-refractivity contribution is 0.177. The second-order valence-corrected chi connectivity index (χ2v) is 16.1. The number of ether oxygens (including phenoxy) is 2. The van der Waals surface area contributed by atoms with Crippen LogP contribution in [0.25, 0.3) is 0 Å². The fourth-order valence-electron chi connectivity index (χ4n) is 8.08. The molecular formula is C35H55O2P. The van der Waals surface area contributed by atoms with Gasteiger partial charge in [0.15, 0.2) is 0 Å². The van der Waals surface area contributed by atoms with E-state index in [9.17, 15) is 0 Å². The molecule has 2 saturated carbocycles. The van der Waals surface area contributed by atoms with E-state index in [0.29, 0.717) is 17.8 Å². The van der Waals surface area contributed by atoms with Crippen molar-refractivity contribution in [1.82, 2.24) is 0 Å². The van der Waals surface area contributed by atoms with Gasteiger partial charge in [0.2, 0.25) is 0 Å². The summed E-state index contributed by atoms with van der Waals surface area (Å²) in [6.45, 7) is 14.4. The van der Waals surface area contributed by atoms with E-state index in [0.717, 1.165) is 17.1 Å². The molecule has 0 spiro atoms. The fourth-order valence-corrected chi connectivity index (χ4v) is 13.3. The summed E-state index contributed by atoms with van der Waals surface area (Å²) in [5.74, 6) is 4.00. The largest absolute Gasteiger partial charge is 0.500 e. The number of methoxy groups -OCH3 is 2. The molecule has 2 atom stereocenters. The van der Waals surface area contributed by atoms with Crippen LogP contribution in [0.5, 0.6) is 0 Å². The molecule has 0 radical (unpaired) electrons. The van der Waals surface area contributed by atoms with Crippen molar-refractivity contribution in [2.45, 2.75) is 140 Å². The Morgan fingerprint density at radius 3 is 1.76 bits per heavy atom. The summed E-state index contributed by atoms with van der Waals surface area (Å²) in [5.41, 5.74) is 6.05. The SMILES string of the molecule is COC1=CC=C(OC)C(C(C)C)(P(C2CCCCC2)C2CCCCC2)C1c1ccc(C(C)C)cc1C(C)C. The van der Waals surface area contributed by atoms with Crippen LogP contribution < -0.4 is 0 Å². The summed E-state index contributed by atoms with van der Waals surface area (Å²) >= 11 is 0. The molecule has 2 nitrogen and oxygen atoms in total. The minimum Gasteiger partial charge on any atom is -0.500 e. The quantitative estimate of drug-likeness (QED) is 0.291. The lowest BCUT2D eigenvalue weighted by Gasteiger charge is -2.57. The lowest BCUT2D eigenvalue weighted by atomic mass is 9.71. The first-order valence-electron chi connectivity index (χ1n) is 15.7. The second-order valence-electron chi connectivity index (χ2n) is 13.1. The van der Waals surface area contributed by atoms with Gasteiger partial charge < -0.3 is 9.47 Å². The van der Waals surface area contributed by atoms with Crippen molar-refractivity contribution in [2.24, 2.45) is 5.92 Å². The van der Waals surface area contributed by atoms with Crippen LogP contribution >= 0.6 is 7.92 Å².